The highest BCUT2D eigenvalue weighted by molar-refractivity contribution is 6.01. The number of nitrogens with one attached hydrogen (secondary N) is 1. The van der Waals surface area contributed by atoms with E-state index in [0.717, 1.165) is 42.3 Å². The quantitative estimate of drug-likeness (QED) is 0.373. The van der Waals surface area contributed by atoms with Crippen LogP contribution < -0.4 is 10.2 Å². The molecule has 1 unspecified atom stereocenters. The van der Waals surface area contributed by atoms with E-state index in [1.807, 2.05) is 81.4 Å². The van der Waals surface area contributed by atoms with Crippen molar-refractivity contribution in [2.75, 3.05) is 4.90 Å². The minimum absolute atomic E-state index is 0.0363. The number of anilines is 1. The minimum atomic E-state index is -0.839. The Morgan fingerprint density at radius 2 is 1.73 bits per heavy atom. The first kappa shape index (κ1) is 24.7. The fraction of sp³-hybridized carbons (Fsp3) is 0.333. The molecule has 7 nitrogen and oxygen atoms in total. The van der Waals surface area contributed by atoms with Gasteiger partial charge in [-0.3, -0.25) is 14.5 Å². The van der Waals surface area contributed by atoms with Crippen LogP contribution in [0.4, 0.5) is 5.69 Å². The van der Waals surface area contributed by atoms with Crippen molar-refractivity contribution >= 4 is 28.5 Å². The van der Waals surface area contributed by atoms with Gasteiger partial charge in [-0.05, 0) is 80.5 Å². The monoisotopic (exact) mass is 495 g/mol. The molecule has 1 N–H and O–H groups in total. The van der Waals surface area contributed by atoms with Crippen LogP contribution in [0.15, 0.2) is 72.8 Å². The number of aromatic nitrogens is 3. The first-order valence-corrected chi connectivity index (χ1v) is 13.0. The van der Waals surface area contributed by atoms with E-state index in [-0.39, 0.29) is 18.4 Å². The van der Waals surface area contributed by atoms with Crippen LogP contribution >= 0.6 is 0 Å². The van der Waals surface area contributed by atoms with Gasteiger partial charge in [0.15, 0.2) is 0 Å². The van der Waals surface area contributed by atoms with Crippen molar-refractivity contribution in [3.8, 4) is 0 Å². The summed E-state index contributed by atoms with van der Waals surface area (Å²) < 4.78 is 1.61. The van der Waals surface area contributed by atoms with E-state index in [9.17, 15) is 9.59 Å². The van der Waals surface area contributed by atoms with Crippen molar-refractivity contribution in [3.63, 3.8) is 0 Å². The van der Waals surface area contributed by atoms with Gasteiger partial charge in [0, 0.05) is 11.2 Å². The number of amides is 2. The topological polar surface area (TPSA) is 80.1 Å². The molecule has 1 atom stereocenters. The third-order valence-electron chi connectivity index (χ3n) is 7.30. The molecule has 0 aliphatic heterocycles. The number of hydrogen-bond donors (Lipinski definition) is 1. The standard InChI is InChI=1S/C30H33N5O2/c1-4-30(2,3)31-29(37)28(22-11-6-5-7-12-22)35(24-18-17-21-13-10-14-23(21)19-24)27(36)20-34-26-16-9-8-15-25(26)32-33-34/h5-9,11-12,15-19,28H,4,10,13-14,20H2,1-3H3,(H,31,37). The summed E-state index contributed by atoms with van der Waals surface area (Å²) >= 11 is 0. The highest BCUT2D eigenvalue weighted by atomic mass is 16.2. The second kappa shape index (κ2) is 10.2. The summed E-state index contributed by atoms with van der Waals surface area (Å²) in [5.41, 5.74) is 5.10. The van der Waals surface area contributed by atoms with Gasteiger partial charge in [0.1, 0.15) is 18.1 Å². The first-order valence-electron chi connectivity index (χ1n) is 13.0. The predicted molar refractivity (Wildman–Crippen MR) is 145 cm³/mol. The summed E-state index contributed by atoms with van der Waals surface area (Å²) in [7, 11) is 0. The molecule has 4 aromatic rings. The number of hydrogen-bond acceptors (Lipinski definition) is 4. The Hall–Kier alpha value is -4.00. The summed E-state index contributed by atoms with van der Waals surface area (Å²) in [6, 6.07) is 22.4. The van der Waals surface area contributed by atoms with Crippen LogP contribution in [0.2, 0.25) is 0 Å². The Labute approximate surface area is 217 Å². The lowest BCUT2D eigenvalue weighted by Crippen LogP contribution is -2.51. The Bertz CT molecular complexity index is 1430. The van der Waals surface area contributed by atoms with E-state index in [1.165, 1.54) is 11.1 Å². The van der Waals surface area contributed by atoms with Crippen molar-refractivity contribution in [1.82, 2.24) is 20.3 Å². The summed E-state index contributed by atoms with van der Waals surface area (Å²) in [5.74, 6) is -0.442. The molecule has 1 aromatic heterocycles. The van der Waals surface area contributed by atoms with Gasteiger partial charge in [-0.15, -0.1) is 5.10 Å². The van der Waals surface area contributed by atoms with Gasteiger partial charge in [-0.1, -0.05) is 60.7 Å². The SMILES string of the molecule is CCC(C)(C)NC(=O)C(c1ccccc1)N(C(=O)Cn1nnc2ccccc21)c1ccc2c(c1)CCC2. The Balaban J connectivity index is 1.60. The number of carbonyl (C=O) groups excluding carboxylic acids is 2. The fourth-order valence-corrected chi connectivity index (χ4v) is 4.93. The average molecular weight is 496 g/mol. The van der Waals surface area contributed by atoms with Gasteiger partial charge in [-0.2, -0.15) is 0 Å². The summed E-state index contributed by atoms with van der Waals surface area (Å²) in [5, 5.41) is 11.6. The van der Waals surface area contributed by atoms with E-state index >= 15 is 0 Å². The third kappa shape index (κ3) is 5.12. The van der Waals surface area contributed by atoms with Crippen LogP contribution in [0.5, 0.6) is 0 Å². The summed E-state index contributed by atoms with van der Waals surface area (Å²) in [6.45, 7) is 5.99. The summed E-state index contributed by atoms with van der Waals surface area (Å²) in [6.07, 6.45) is 3.88. The zero-order valence-corrected chi connectivity index (χ0v) is 21.6. The molecule has 0 saturated heterocycles. The Kier molecular flexibility index (Phi) is 6.78. The molecule has 2 amide bonds. The van der Waals surface area contributed by atoms with Crippen LogP contribution in [0.3, 0.4) is 0 Å². The number of para-hydroxylation sites is 1. The number of fused-ring (bicyclic) bond motifs is 2. The molecule has 7 heteroatoms. The fourth-order valence-electron chi connectivity index (χ4n) is 4.93. The number of carbonyl (C=O) groups is 2. The molecule has 0 fully saturated rings. The van der Waals surface area contributed by atoms with Gasteiger partial charge in [0.25, 0.3) is 0 Å². The molecule has 190 valence electrons. The maximum Gasteiger partial charge on any atom is 0.249 e. The van der Waals surface area contributed by atoms with Gasteiger partial charge >= 0.3 is 0 Å². The van der Waals surface area contributed by atoms with Crippen LogP contribution in [-0.4, -0.2) is 32.3 Å². The zero-order chi connectivity index (χ0) is 26.0. The van der Waals surface area contributed by atoms with E-state index in [1.54, 1.807) is 9.58 Å². The lowest BCUT2D eigenvalue weighted by Gasteiger charge is -2.35. The molecule has 0 saturated carbocycles. The maximum atomic E-state index is 14.2. The molecule has 1 aliphatic carbocycles. The Morgan fingerprint density at radius 1 is 1.00 bits per heavy atom. The number of rotatable bonds is 8. The van der Waals surface area contributed by atoms with Gasteiger partial charge < -0.3 is 5.32 Å². The van der Waals surface area contributed by atoms with Crippen molar-refractivity contribution in [1.29, 1.82) is 0 Å². The lowest BCUT2D eigenvalue weighted by molar-refractivity contribution is -0.128. The third-order valence-corrected chi connectivity index (χ3v) is 7.30. The lowest BCUT2D eigenvalue weighted by atomic mass is 9.98. The molecular weight excluding hydrogens is 462 g/mol. The van der Waals surface area contributed by atoms with Crippen molar-refractivity contribution < 1.29 is 9.59 Å². The average Bonchev–Trinajstić information content (AvgIpc) is 3.54. The van der Waals surface area contributed by atoms with Gasteiger partial charge in [0.2, 0.25) is 11.8 Å². The van der Waals surface area contributed by atoms with Gasteiger partial charge in [-0.25, -0.2) is 4.68 Å². The van der Waals surface area contributed by atoms with Crippen LogP contribution in [0, 0.1) is 0 Å². The molecule has 0 radical (unpaired) electrons. The minimum Gasteiger partial charge on any atom is -0.349 e. The van der Waals surface area contributed by atoms with Crippen molar-refractivity contribution in [2.45, 2.75) is 64.6 Å². The van der Waals surface area contributed by atoms with Crippen LogP contribution in [0.1, 0.15) is 56.3 Å². The molecule has 0 bridgehead atoms. The number of benzene rings is 3. The largest absolute Gasteiger partial charge is 0.349 e. The zero-order valence-electron chi connectivity index (χ0n) is 21.6. The summed E-state index contributed by atoms with van der Waals surface area (Å²) in [4.78, 5) is 29.8. The van der Waals surface area contributed by atoms with Gasteiger partial charge in [0.05, 0.1) is 5.52 Å². The molecule has 3 aromatic carbocycles. The maximum absolute atomic E-state index is 14.2. The van der Waals surface area contributed by atoms with Crippen LogP contribution in [-0.2, 0) is 29.0 Å². The van der Waals surface area contributed by atoms with E-state index < -0.39 is 11.6 Å². The normalized spacial score (nSPS) is 13.8. The Morgan fingerprint density at radius 3 is 2.51 bits per heavy atom. The van der Waals surface area contributed by atoms with Crippen LogP contribution in [0.25, 0.3) is 11.0 Å². The second-order valence-corrected chi connectivity index (χ2v) is 10.3. The highest BCUT2D eigenvalue weighted by Gasteiger charge is 2.35. The van der Waals surface area contributed by atoms with Crippen molar-refractivity contribution in [2.24, 2.45) is 0 Å². The molecular formula is C30H33N5O2. The van der Waals surface area contributed by atoms with E-state index in [4.69, 9.17) is 0 Å². The molecule has 37 heavy (non-hydrogen) atoms. The highest BCUT2D eigenvalue weighted by Crippen LogP contribution is 2.33. The smallest absolute Gasteiger partial charge is 0.249 e. The van der Waals surface area contributed by atoms with E-state index in [2.05, 4.69) is 27.8 Å². The molecule has 1 aliphatic rings. The van der Waals surface area contributed by atoms with Crippen molar-refractivity contribution in [3.05, 3.63) is 89.5 Å². The predicted octanol–water partition coefficient (Wildman–Crippen LogP) is 5.00. The molecule has 1 heterocycles. The number of aryl methyl sites for hydroxylation is 2. The molecule has 5 rings (SSSR count). The first-order chi connectivity index (χ1) is 17.9. The second-order valence-electron chi connectivity index (χ2n) is 10.3. The molecule has 0 spiro atoms. The van der Waals surface area contributed by atoms with E-state index in [0.29, 0.717) is 5.69 Å². The number of nitrogens with zero attached hydrogens (tertiary/aromatic N) is 4.